The van der Waals surface area contributed by atoms with Crippen LogP contribution in [0.15, 0.2) is 46.9 Å². The Hall–Kier alpha value is -2.74. The average Bonchev–Trinajstić information content (AvgIpc) is 2.79. The summed E-state index contributed by atoms with van der Waals surface area (Å²) in [6.07, 6.45) is 0. The van der Waals surface area contributed by atoms with Crippen molar-refractivity contribution >= 4 is 27.7 Å². The van der Waals surface area contributed by atoms with Crippen molar-refractivity contribution in [2.24, 2.45) is 5.92 Å². The van der Waals surface area contributed by atoms with Gasteiger partial charge in [-0.15, -0.1) is 0 Å². The number of hydrogen-bond acceptors (Lipinski definition) is 5. The first-order valence-corrected chi connectivity index (χ1v) is 11.2. The molecule has 2 amide bonds. The topological polar surface area (TPSA) is 77.1 Å². The number of halogens is 1. The molecule has 8 heteroatoms. The van der Waals surface area contributed by atoms with Gasteiger partial charge >= 0.3 is 0 Å². The van der Waals surface area contributed by atoms with Gasteiger partial charge in [0, 0.05) is 35.8 Å². The lowest BCUT2D eigenvalue weighted by Gasteiger charge is -2.29. The molecule has 2 aromatic rings. The van der Waals surface area contributed by atoms with E-state index in [1.807, 2.05) is 38.1 Å². The first-order valence-electron chi connectivity index (χ1n) is 10.4. The maximum Gasteiger partial charge on any atom is 0.261 e. The van der Waals surface area contributed by atoms with Crippen molar-refractivity contribution in [3.05, 3.63) is 52.5 Å². The lowest BCUT2D eigenvalue weighted by atomic mass is 10.1. The molecule has 0 unspecified atom stereocenters. The van der Waals surface area contributed by atoms with E-state index in [4.69, 9.17) is 14.2 Å². The standard InChI is InChI=1S/C24H31BrN2O5/c1-16(2)13-26-24(29)17(3)27(14-18-6-8-19(25)9-7-18)23(28)15-32-22-11-20(30-4)10-21(12-22)31-5/h6-12,16-17H,13-15H2,1-5H3,(H,26,29)/t17-/m0/s1. The van der Waals surface area contributed by atoms with Crippen LogP contribution in [0.3, 0.4) is 0 Å². The number of amides is 2. The molecular weight excluding hydrogens is 476 g/mol. The number of carbonyl (C=O) groups is 2. The van der Waals surface area contributed by atoms with Crippen molar-refractivity contribution in [2.75, 3.05) is 27.4 Å². The van der Waals surface area contributed by atoms with Crippen LogP contribution >= 0.6 is 15.9 Å². The quantitative estimate of drug-likeness (QED) is 0.497. The Balaban J connectivity index is 2.17. The predicted molar refractivity (Wildman–Crippen MR) is 127 cm³/mol. The van der Waals surface area contributed by atoms with E-state index in [2.05, 4.69) is 21.2 Å². The van der Waals surface area contributed by atoms with E-state index in [0.29, 0.717) is 29.7 Å². The number of nitrogens with one attached hydrogen (secondary N) is 1. The van der Waals surface area contributed by atoms with Crippen LogP contribution in [0.1, 0.15) is 26.3 Å². The van der Waals surface area contributed by atoms with Crippen LogP contribution in [0.2, 0.25) is 0 Å². The fourth-order valence-electron chi connectivity index (χ4n) is 2.91. The Bertz CT molecular complexity index is 880. The van der Waals surface area contributed by atoms with E-state index >= 15 is 0 Å². The third-order valence-corrected chi connectivity index (χ3v) is 5.33. The van der Waals surface area contributed by atoms with Crippen LogP contribution in [0.25, 0.3) is 0 Å². The molecule has 0 fully saturated rings. The summed E-state index contributed by atoms with van der Waals surface area (Å²) in [5.74, 6) is 1.36. The summed E-state index contributed by atoms with van der Waals surface area (Å²) in [6.45, 7) is 6.37. The normalized spacial score (nSPS) is 11.6. The molecule has 0 saturated carbocycles. The van der Waals surface area contributed by atoms with E-state index in [0.717, 1.165) is 10.0 Å². The zero-order valence-corrected chi connectivity index (χ0v) is 20.8. The number of benzene rings is 2. The smallest absolute Gasteiger partial charge is 0.261 e. The molecule has 174 valence electrons. The molecule has 0 aliphatic carbocycles. The Morgan fingerprint density at radius 1 is 0.969 bits per heavy atom. The highest BCUT2D eigenvalue weighted by molar-refractivity contribution is 9.10. The van der Waals surface area contributed by atoms with Gasteiger partial charge < -0.3 is 24.4 Å². The molecule has 0 aliphatic heterocycles. The highest BCUT2D eigenvalue weighted by Gasteiger charge is 2.26. The van der Waals surface area contributed by atoms with E-state index in [1.54, 1.807) is 39.3 Å². The number of carbonyl (C=O) groups excluding carboxylic acids is 2. The number of rotatable bonds is 11. The van der Waals surface area contributed by atoms with Crippen LogP contribution in [0, 0.1) is 5.92 Å². The second-order valence-corrected chi connectivity index (χ2v) is 8.72. The molecule has 32 heavy (non-hydrogen) atoms. The average molecular weight is 507 g/mol. The molecule has 0 spiro atoms. The minimum Gasteiger partial charge on any atom is -0.496 e. The molecule has 0 radical (unpaired) electrons. The summed E-state index contributed by atoms with van der Waals surface area (Å²) in [4.78, 5) is 27.3. The van der Waals surface area contributed by atoms with Gasteiger partial charge in [-0.3, -0.25) is 9.59 Å². The molecule has 0 saturated heterocycles. The van der Waals surface area contributed by atoms with E-state index in [9.17, 15) is 9.59 Å². The third-order valence-electron chi connectivity index (χ3n) is 4.81. The maximum atomic E-state index is 13.1. The van der Waals surface area contributed by atoms with Gasteiger partial charge in [0.1, 0.15) is 23.3 Å². The van der Waals surface area contributed by atoms with Gasteiger partial charge in [0.15, 0.2) is 6.61 Å². The van der Waals surface area contributed by atoms with Crippen LogP contribution < -0.4 is 19.5 Å². The van der Waals surface area contributed by atoms with Crippen LogP contribution in [-0.4, -0.2) is 50.1 Å². The molecule has 0 aromatic heterocycles. The molecular formula is C24H31BrN2O5. The van der Waals surface area contributed by atoms with Gasteiger partial charge in [-0.1, -0.05) is 41.9 Å². The monoisotopic (exact) mass is 506 g/mol. The van der Waals surface area contributed by atoms with Gasteiger partial charge in [-0.05, 0) is 30.5 Å². The minimum absolute atomic E-state index is 0.202. The summed E-state index contributed by atoms with van der Waals surface area (Å²) in [5, 5.41) is 2.90. The molecule has 1 N–H and O–H groups in total. The van der Waals surface area contributed by atoms with Gasteiger partial charge in [-0.25, -0.2) is 0 Å². The lowest BCUT2D eigenvalue weighted by molar-refractivity contribution is -0.142. The van der Waals surface area contributed by atoms with Crippen molar-refractivity contribution in [2.45, 2.75) is 33.4 Å². The molecule has 0 bridgehead atoms. The molecule has 2 aromatic carbocycles. The van der Waals surface area contributed by atoms with Gasteiger partial charge in [0.2, 0.25) is 5.91 Å². The van der Waals surface area contributed by atoms with Crippen LogP contribution in [-0.2, 0) is 16.1 Å². The lowest BCUT2D eigenvalue weighted by Crippen LogP contribution is -2.49. The fourth-order valence-corrected chi connectivity index (χ4v) is 3.18. The summed E-state index contributed by atoms with van der Waals surface area (Å²) in [7, 11) is 3.09. The van der Waals surface area contributed by atoms with Crippen molar-refractivity contribution in [3.63, 3.8) is 0 Å². The van der Waals surface area contributed by atoms with E-state index in [1.165, 1.54) is 4.90 Å². The summed E-state index contributed by atoms with van der Waals surface area (Å²) >= 11 is 3.42. The van der Waals surface area contributed by atoms with E-state index in [-0.39, 0.29) is 25.0 Å². The van der Waals surface area contributed by atoms with Gasteiger partial charge in [0.05, 0.1) is 14.2 Å². The second kappa shape index (κ2) is 12.3. The number of ether oxygens (including phenoxy) is 3. The molecule has 0 heterocycles. The van der Waals surface area contributed by atoms with Crippen molar-refractivity contribution in [3.8, 4) is 17.2 Å². The highest BCUT2D eigenvalue weighted by atomic mass is 79.9. The predicted octanol–water partition coefficient (Wildman–Crippen LogP) is 4.03. The Kier molecular flexibility index (Phi) is 9.84. The van der Waals surface area contributed by atoms with Crippen LogP contribution in [0.4, 0.5) is 0 Å². The van der Waals surface area contributed by atoms with Crippen molar-refractivity contribution in [1.82, 2.24) is 10.2 Å². The van der Waals surface area contributed by atoms with Crippen molar-refractivity contribution < 1.29 is 23.8 Å². The Morgan fingerprint density at radius 3 is 2.06 bits per heavy atom. The zero-order chi connectivity index (χ0) is 23.7. The van der Waals surface area contributed by atoms with Gasteiger partial charge in [0.25, 0.3) is 5.91 Å². The maximum absolute atomic E-state index is 13.1. The van der Waals surface area contributed by atoms with Crippen LogP contribution in [0.5, 0.6) is 17.2 Å². The minimum atomic E-state index is -0.659. The summed E-state index contributed by atoms with van der Waals surface area (Å²) < 4.78 is 17.2. The highest BCUT2D eigenvalue weighted by Crippen LogP contribution is 2.27. The zero-order valence-electron chi connectivity index (χ0n) is 19.2. The first-order chi connectivity index (χ1) is 15.2. The Morgan fingerprint density at radius 2 is 1.53 bits per heavy atom. The molecule has 1 atom stereocenters. The number of nitrogens with zero attached hydrogens (tertiary/aromatic N) is 1. The molecule has 2 rings (SSSR count). The summed E-state index contributed by atoms with van der Waals surface area (Å²) in [5.41, 5.74) is 0.910. The largest absolute Gasteiger partial charge is 0.496 e. The molecule has 0 aliphatic rings. The molecule has 7 nitrogen and oxygen atoms in total. The number of hydrogen-bond donors (Lipinski definition) is 1. The Labute approximate surface area is 198 Å². The summed E-state index contributed by atoms with van der Waals surface area (Å²) in [6, 6.07) is 12.0. The first kappa shape index (κ1) is 25.5. The van der Waals surface area contributed by atoms with E-state index < -0.39 is 6.04 Å². The fraction of sp³-hybridized carbons (Fsp3) is 0.417. The number of methoxy groups -OCH3 is 2. The SMILES string of the molecule is COc1cc(OC)cc(OCC(=O)N(Cc2ccc(Br)cc2)[C@@H](C)C(=O)NCC(C)C)c1. The second-order valence-electron chi connectivity index (χ2n) is 7.80. The van der Waals surface area contributed by atoms with Gasteiger partial charge in [-0.2, -0.15) is 0 Å². The third kappa shape index (κ3) is 7.75. The van der Waals surface area contributed by atoms with Crippen molar-refractivity contribution in [1.29, 1.82) is 0 Å².